The molecule has 1 amide bonds. The molecule has 0 aliphatic rings. The van der Waals surface area contributed by atoms with Gasteiger partial charge in [0.05, 0.1) is 11.2 Å². The second-order valence-electron chi connectivity index (χ2n) is 7.18. The minimum atomic E-state index is -0.581. The zero-order valence-electron chi connectivity index (χ0n) is 17.4. The molecule has 6 heteroatoms. The van der Waals surface area contributed by atoms with Gasteiger partial charge in [-0.3, -0.25) is 4.79 Å². The molecule has 0 fully saturated rings. The first kappa shape index (κ1) is 21.0. The standard InChI is InChI=1S/C24H25N3O3/c1-26(2)21-13-8-18(9-14-21)16-27(3)23(28)17-30-24(29)15-12-20-11-10-19-6-4-5-7-22(19)25-20/h4-15H,16-17H2,1-3H3/b15-12+. The third-order valence-corrected chi connectivity index (χ3v) is 4.65. The van der Waals surface area contributed by atoms with Gasteiger partial charge in [-0.2, -0.15) is 0 Å². The molecule has 2 aromatic carbocycles. The van der Waals surface area contributed by atoms with Crippen LogP contribution in [0.25, 0.3) is 17.0 Å². The fourth-order valence-corrected chi connectivity index (χ4v) is 2.88. The van der Waals surface area contributed by atoms with Crippen molar-refractivity contribution < 1.29 is 14.3 Å². The summed E-state index contributed by atoms with van der Waals surface area (Å²) >= 11 is 0. The van der Waals surface area contributed by atoms with Crippen LogP contribution >= 0.6 is 0 Å². The maximum Gasteiger partial charge on any atom is 0.331 e. The van der Waals surface area contributed by atoms with Crippen LogP contribution in [0.3, 0.4) is 0 Å². The smallest absolute Gasteiger partial charge is 0.331 e. The molecule has 0 aliphatic carbocycles. The number of amides is 1. The number of aromatic nitrogens is 1. The highest BCUT2D eigenvalue weighted by atomic mass is 16.5. The molecule has 6 nitrogen and oxygen atoms in total. The number of benzene rings is 2. The molecule has 0 atom stereocenters. The summed E-state index contributed by atoms with van der Waals surface area (Å²) in [6, 6.07) is 19.5. The first-order valence-corrected chi connectivity index (χ1v) is 9.63. The number of ether oxygens (including phenoxy) is 1. The maximum absolute atomic E-state index is 12.3. The Balaban J connectivity index is 1.49. The number of likely N-dealkylation sites (N-methyl/N-ethyl adjacent to an activating group) is 1. The Morgan fingerprint density at radius 3 is 2.43 bits per heavy atom. The van der Waals surface area contributed by atoms with Gasteiger partial charge in [0.2, 0.25) is 0 Å². The molecule has 3 rings (SSSR count). The monoisotopic (exact) mass is 403 g/mol. The Labute approximate surface area is 176 Å². The molecule has 0 spiro atoms. The van der Waals surface area contributed by atoms with Gasteiger partial charge in [0.25, 0.3) is 5.91 Å². The van der Waals surface area contributed by atoms with Crippen molar-refractivity contribution in [2.45, 2.75) is 6.54 Å². The SMILES string of the molecule is CN(Cc1ccc(N(C)C)cc1)C(=O)COC(=O)/C=C/c1ccc2ccccc2n1. The summed E-state index contributed by atoms with van der Waals surface area (Å²) in [6.45, 7) is 0.140. The Bertz CT molecular complexity index is 1060. The Morgan fingerprint density at radius 2 is 1.70 bits per heavy atom. The normalized spacial score (nSPS) is 10.9. The van der Waals surface area contributed by atoms with Gasteiger partial charge in [0, 0.05) is 44.8 Å². The number of para-hydroxylation sites is 1. The van der Waals surface area contributed by atoms with E-state index in [1.54, 1.807) is 13.1 Å². The molecule has 0 aliphatic heterocycles. The molecule has 3 aromatic rings. The number of fused-ring (bicyclic) bond motifs is 1. The summed E-state index contributed by atoms with van der Waals surface area (Å²) < 4.78 is 5.07. The van der Waals surface area contributed by atoms with Crippen molar-refractivity contribution in [2.24, 2.45) is 0 Å². The van der Waals surface area contributed by atoms with Crippen molar-refractivity contribution in [1.82, 2.24) is 9.88 Å². The van der Waals surface area contributed by atoms with E-state index in [1.165, 1.54) is 11.0 Å². The minimum absolute atomic E-state index is 0.266. The van der Waals surface area contributed by atoms with Crippen molar-refractivity contribution in [3.05, 3.63) is 78.0 Å². The van der Waals surface area contributed by atoms with Gasteiger partial charge in [0.1, 0.15) is 0 Å². The molecule has 0 radical (unpaired) electrons. The predicted octanol–water partition coefficient (Wildman–Crippen LogP) is 3.52. The molecule has 0 bridgehead atoms. The highest BCUT2D eigenvalue weighted by molar-refractivity contribution is 5.89. The quantitative estimate of drug-likeness (QED) is 0.446. The van der Waals surface area contributed by atoms with Crippen molar-refractivity contribution in [1.29, 1.82) is 0 Å². The fourth-order valence-electron chi connectivity index (χ4n) is 2.88. The van der Waals surface area contributed by atoms with Crippen LogP contribution in [-0.2, 0) is 20.9 Å². The Hall–Kier alpha value is -3.67. The van der Waals surface area contributed by atoms with Crippen molar-refractivity contribution in [3.8, 4) is 0 Å². The van der Waals surface area contributed by atoms with Gasteiger partial charge < -0.3 is 14.5 Å². The number of hydrogen-bond donors (Lipinski definition) is 0. The average molecular weight is 403 g/mol. The molecule has 1 aromatic heterocycles. The van der Waals surface area contributed by atoms with E-state index in [0.29, 0.717) is 12.2 Å². The van der Waals surface area contributed by atoms with E-state index in [-0.39, 0.29) is 12.5 Å². The van der Waals surface area contributed by atoms with Crippen LogP contribution < -0.4 is 4.90 Å². The molecular weight excluding hydrogens is 378 g/mol. The third-order valence-electron chi connectivity index (χ3n) is 4.65. The summed E-state index contributed by atoms with van der Waals surface area (Å²) in [4.78, 5) is 32.2. The lowest BCUT2D eigenvalue weighted by Gasteiger charge is -2.18. The van der Waals surface area contributed by atoms with Gasteiger partial charge in [0.15, 0.2) is 6.61 Å². The predicted molar refractivity (Wildman–Crippen MR) is 119 cm³/mol. The Kier molecular flexibility index (Phi) is 6.80. The van der Waals surface area contributed by atoms with E-state index in [9.17, 15) is 9.59 Å². The van der Waals surface area contributed by atoms with Crippen molar-refractivity contribution >= 4 is 34.5 Å². The molecule has 0 saturated carbocycles. The van der Waals surface area contributed by atoms with E-state index in [1.807, 2.05) is 79.7 Å². The fraction of sp³-hybridized carbons (Fsp3) is 0.208. The minimum Gasteiger partial charge on any atom is -0.452 e. The van der Waals surface area contributed by atoms with E-state index in [0.717, 1.165) is 22.2 Å². The van der Waals surface area contributed by atoms with Gasteiger partial charge in [-0.1, -0.05) is 36.4 Å². The Morgan fingerprint density at radius 1 is 0.967 bits per heavy atom. The molecular formula is C24H25N3O3. The lowest BCUT2D eigenvalue weighted by atomic mass is 10.2. The second kappa shape index (κ2) is 9.69. The van der Waals surface area contributed by atoms with E-state index in [2.05, 4.69) is 4.98 Å². The van der Waals surface area contributed by atoms with Gasteiger partial charge in [-0.15, -0.1) is 0 Å². The van der Waals surface area contributed by atoms with Crippen LogP contribution in [0.2, 0.25) is 0 Å². The summed E-state index contributed by atoms with van der Waals surface area (Å²) in [7, 11) is 5.64. The van der Waals surface area contributed by atoms with Gasteiger partial charge in [-0.25, -0.2) is 9.78 Å². The van der Waals surface area contributed by atoms with Gasteiger partial charge in [-0.05, 0) is 35.9 Å². The number of hydrogen-bond acceptors (Lipinski definition) is 5. The van der Waals surface area contributed by atoms with Crippen LogP contribution in [0.15, 0.2) is 66.7 Å². The van der Waals surface area contributed by atoms with E-state index >= 15 is 0 Å². The summed E-state index contributed by atoms with van der Waals surface area (Å²) in [5.41, 5.74) is 3.60. The maximum atomic E-state index is 12.3. The topological polar surface area (TPSA) is 62.7 Å². The van der Waals surface area contributed by atoms with Crippen molar-refractivity contribution in [2.75, 3.05) is 32.6 Å². The third kappa shape index (κ3) is 5.67. The number of carbonyl (C=O) groups is 2. The van der Waals surface area contributed by atoms with Crippen LogP contribution in [0, 0.1) is 0 Å². The van der Waals surface area contributed by atoms with E-state index in [4.69, 9.17) is 4.74 Å². The summed E-state index contributed by atoms with van der Waals surface area (Å²) in [5, 5.41) is 1.03. The highest BCUT2D eigenvalue weighted by Crippen LogP contribution is 2.14. The van der Waals surface area contributed by atoms with Crippen molar-refractivity contribution in [3.63, 3.8) is 0 Å². The number of rotatable bonds is 7. The highest BCUT2D eigenvalue weighted by Gasteiger charge is 2.11. The number of anilines is 1. The lowest BCUT2D eigenvalue weighted by Crippen LogP contribution is -2.30. The largest absolute Gasteiger partial charge is 0.452 e. The van der Waals surface area contributed by atoms with Crippen LogP contribution in [0.5, 0.6) is 0 Å². The molecule has 0 unspecified atom stereocenters. The van der Waals surface area contributed by atoms with Crippen LogP contribution in [0.1, 0.15) is 11.3 Å². The van der Waals surface area contributed by atoms with Gasteiger partial charge >= 0.3 is 5.97 Å². The molecule has 0 N–H and O–H groups in total. The molecule has 1 heterocycles. The molecule has 0 saturated heterocycles. The summed E-state index contributed by atoms with van der Waals surface area (Å²) in [5.74, 6) is -0.848. The van der Waals surface area contributed by atoms with Crippen LogP contribution in [0.4, 0.5) is 5.69 Å². The van der Waals surface area contributed by atoms with E-state index < -0.39 is 5.97 Å². The summed E-state index contributed by atoms with van der Waals surface area (Å²) in [6.07, 6.45) is 2.86. The first-order valence-electron chi connectivity index (χ1n) is 9.63. The average Bonchev–Trinajstić information content (AvgIpc) is 2.76. The molecule has 154 valence electrons. The lowest BCUT2D eigenvalue weighted by molar-refractivity contribution is -0.147. The zero-order chi connectivity index (χ0) is 21.5. The first-order chi connectivity index (χ1) is 14.4. The van der Waals surface area contributed by atoms with Crippen LogP contribution in [-0.4, -0.2) is 49.5 Å². The zero-order valence-corrected chi connectivity index (χ0v) is 17.4. The second-order valence-corrected chi connectivity index (χ2v) is 7.18. The number of pyridine rings is 1. The number of esters is 1. The molecule has 30 heavy (non-hydrogen) atoms. The number of carbonyl (C=O) groups excluding carboxylic acids is 2. The number of nitrogens with zero attached hydrogens (tertiary/aromatic N) is 3.